The molecule has 34 heavy (non-hydrogen) atoms. The van der Waals surface area contributed by atoms with Crippen LogP contribution >= 0.6 is 11.3 Å². The summed E-state index contributed by atoms with van der Waals surface area (Å²) in [6.45, 7) is 0. The standard InChI is InChI=1S/C32H21NS/c1-2-8-23-18-25(13-12-21(23)6-1)24-9-5-10-26(19-24)33-27-15-17-31-30(20-27)29-16-14-22-7-3-4-11-28(22)32(29)34-31/h1-20,33H. The molecule has 0 atom stereocenters. The quantitative estimate of drug-likeness (QED) is 0.282. The van der Waals surface area contributed by atoms with Gasteiger partial charge in [0.1, 0.15) is 0 Å². The summed E-state index contributed by atoms with van der Waals surface area (Å²) in [5.41, 5.74) is 4.64. The van der Waals surface area contributed by atoms with Crippen LogP contribution in [0, 0.1) is 0 Å². The van der Waals surface area contributed by atoms with E-state index in [1.165, 1.54) is 52.8 Å². The first-order valence-corrected chi connectivity index (χ1v) is 12.3. The highest BCUT2D eigenvalue weighted by atomic mass is 32.1. The summed E-state index contributed by atoms with van der Waals surface area (Å²) in [6.07, 6.45) is 0. The molecule has 0 aliphatic carbocycles. The van der Waals surface area contributed by atoms with Crippen LogP contribution in [0.5, 0.6) is 0 Å². The Hall–Kier alpha value is -4.14. The van der Waals surface area contributed by atoms with E-state index in [9.17, 15) is 0 Å². The zero-order valence-corrected chi connectivity index (χ0v) is 19.3. The number of rotatable bonds is 3. The van der Waals surface area contributed by atoms with Crippen molar-refractivity contribution in [3.63, 3.8) is 0 Å². The van der Waals surface area contributed by atoms with Gasteiger partial charge in [-0.05, 0) is 69.1 Å². The molecule has 6 aromatic carbocycles. The van der Waals surface area contributed by atoms with Crippen molar-refractivity contribution in [1.82, 2.24) is 0 Å². The molecule has 160 valence electrons. The average molecular weight is 452 g/mol. The van der Waals surface area contributed by atoms with Crippen LogP contribution in [-0.2, 0) is 0 Å². The van der Waals surface area contributed by atoms with Crippen molar-refractivity contribution in [2.75, 3.05) is 5.32 Å². The Labute approximate surface area is 201 Å². The van der Waals surface area contributed by atoms with E-state index in [1.54, 1.807) is 0 Å². The summed E-state index contributed by atoms with van der Waals surface area (Å²) in [7, 11) is 0. The number of hydrogen-bond donors (Lipinski definition) is 1. The number of benzene rings is 6. The lowest BCUT2D eigenvalue weighted by atomic mass is 10.0. The maximum Gasteiger partial charge on any atom is 0.0433 e. The Kier molecular flexibility index (Phi) is 4.39. The van der Waals surface area contributed by atoms with E-state index < -0.39 is 0 Å². The van der Waals surface area contributed by atoms with Crippen LogP contribution in [0.15, 0.2) is 121 Å². The first-order chi connectivity index (χ1) is 16.8. The van der Waals surface area contributed by atoms with Gasteiger partial charge in [-0.15, -0.1) is 11.3 Å². The molecule has 1 N–H and O–H groups in total. The fourth-order valence-electron chi connectivity index (χ4n) is 4.89. The normalized spacial score (nSPS) is 11.5. The van der Waals surface area contributed by atoms with E-state index in [-0.39, 0.29) is 0 Å². The van der Waals surface area contributed by atoms with Crippen LogP contribution in [-0.4, -0.2) is 0 Å². The average Bonchev–Trinajstić information content (AvgIpc) is 3.27. The third-order valence-corrected chi connectivity index (χ3v) is 7.82. The van der Waals surface area contributed by atoms with Gasteiger partial charge < -0.3 is 5.32 Å². The van der Waals surface area contributed by atoms with Crippen molar-refractivity contribution in [3.8, 4) is 11.1 Å². The number of anilines is 2. The molecule has 7 aromatic rings. The van der Waals surface area contributed by atoms with Crippen LogP contribution < -0.4 is 5.32 Å². The van der Waals surface area contributed by atoms with Gasteiger partial charge in [-0.1, -0.05) is 84.9 Å². The number of thiophene rings is 1. The van der Waals surface area contributed by atoms with Crippen molar-refractivity contribution >= 4 is 64.4 Å². The third-order valence-electron chi connectivity index (χ3n) is 6.60. The van der Waals surface area contributed by atoms with Crippen molar-refractivity contribution in [3.05, 3.63) is 121 Å². The summed E-state index contributed by atoms with van der Waals surface area (Å²) >= 11 is 1.88. The predicted molar refractivity (Wildman–Crippen MR) is 150 cm³/mol. The largest absolute Gasteiger partial charge is 0.355 e. The van der Waals surface area contributed by atoms with Gasteiger partial charge in [0.25, 0.3) is 0 Å². The van der Waals surface area contributed by atoms with Crippen molar-refractivity contribution in [2.45, 2.75) is 0 Å². The van der Waals surface area contributed by atoms with Crippen LogP contribution in [0.3, 0.4) is 0 Å². The molecular formula is C32H21NS. The predicted octanol–water partition coefficient (Wildman–Crippen LogP) is 9.77. The van der Waals surface area contributed by atoms with Crippen molar-refractivity contribution in [1.29, 1.82) is 0 Å². The summed E-state index contributed by atoms with van der Waals surface area (Å²) < 4.78 is 2.69. The molecule has 1 heterocycles. The van der Waals surface area contributed by atoms with Crippen LogP contribution in [0.4, 0.5) is 11.4 Å². The lowest BCUT2D eigenvalue weighted by Gasteiger charge is -2.10. The minimum atomic E-state index is 1.09. The maximum absolute atomic E-state index is 3.64. The molecule has 2 heteroatoms. The number of hydrogen-bond acceptors (Lipinski definition) is 2. The van der Waals surface area contributed by atoms with Gasteiger partial charge in [0.15, 0.2) is 0 Å². The summed E-state index contributed by atoms with van der Waals surface area (Å²) in [5, 5.41) is 11.4. The molecule has 0 radical (unpaired) electrons. The molecule has 0 bridgehead atoms. The first-order valence-electron chi connectivity index (χ1n) is 11.5. The molecule has 7 rings (SSSR count). The maximum atomic E-state index is 3.64. The molecule has 0 amide bonds. The van der Waals surface area contributed by atoms with E-state index in [2.05, 4.69) is 127 Å². The van der Waals surface area contributed by atoms with Crippen LogP contribution in [0.1, 0.15) is 0 Å². The second-order valence-electron chi connectivity index (χ2n) is 8.74. The molecule has 0 unspecified atom stereocenters. The molecule has 1 aromatic heterocycles. The van der Waals surface area contributed by atoms with Gasteiger partial charge in [-0.25, -0.2) is 0 Å². The molecule has 0 saturated heterocycles. The van der Waals surface area contributed by atoms with Crippen molar-refractivity contribution < 1.29 is 0 Å². The highest BCUT2D eigenvalue weighted by Crippen LogP contribution is 2.39. The Morgan fingerprint density at radius 3 is 2.15 bits per heavy atom. The van der Waals surface area contributed by atoms with E-state index in [0.717, 1.165) is 11.4 Å². The van der Waals surface area contributed by atoms with E-state index >= 15 is 0 Å². The number of nitrogens with one attached hydrogen (secondary N) is 1. The highest BCUT2D eigenvalue weighted by Gasteiger charge is 2.09. The molecule has 0 fully saturated rings. The van der Waals surface area contributed by atoms with Gasteiger partial charge in [-0.2, -0.15) is 0 Å². The second-order valence-corrected chi connectivity index (χ2v) is 9.80. The van der Waals surface area contributed by atoms with Gasteiger partial charge in [0, 0.05) is 31.5 Å². The van der Waals surface area contributed by atoms with Gasteiger partial charge in [-0.3, -0.25) is 0 Å². The topological polar surface area (TPSA) is 12.0 Å². The lowest BCUT2D eigenvalue weighted by molar-refractivity contribution is 1.56. The van der Waals surface area contributed by atoms with Gasteiger partial charge in [0.05, 0.1) is 0 Å². The second kappa shape index (κ2) is 7.72. The smallest absolute Gasteiger partial charge is 0.0433 e. The summed E-state index contributed by atoms with van der Waals surface area (Å²) in [4.78, 5) is 0. The molecular weight excluding hydrogens is 430 g/mol. The molecule has 0 aliphatic rings. The minimum absolute atomic E-state index is 1.09. The SMILES string of the molecule is c1cc(Nc2ccc3sc4c5ccccc5ccc4c3c2)cc(-c2ccc3ccccc3c2)c1. The fraction of sp³-hybridized carbons (Fsp3) is 0. The summed E-state index contributed by atoms with van der Waals surface area (Å²) in [5.74, 6) is 0. The fourth-order valence-corrected chi connectivity index (χ4v) is 6.11. The zero-order chi connectivity index (χ0) is 22.5. The van der Waals surface area contributed by atoms with E-state index in [1.807, 2.05) is 11.3 Å². The Morgan fingerprint density at radius 1 is 0.441 bits per heavy atom. The first kappa shape index (κ1) is 19.3. The Balaban J connectivity index is 1.27. The Morgan fingerprint density at radius 2 is 1.21 bits per heavy atom. The van der Waals surface area contributed by atoms with Crippen molar-refractivity contribution in [2.24, 2.45) is 0 Å². The minimum Gasteiger partial charge on any atom is -0.355 e. The molecule has 0 aliphatic heterocycles. The van der Waals surface area contributed by atoms with Gasteiger partial charge in [0.2, 0.25) is 0 Å². The summed E-state index contributed by atoms with van der Waals surface area (Å²) in [6, 6.07) is 43.7. The van der Waals surface area contributed by atoms with Crippen LogP contribution in [0.2, 0.25) is 0 Å². The monoisotopic (exact) mass is 451 g/mol. The lowest BCUT2D eigenvalue weighted by Crippen LogP contribution is -1.90. The highest BCUT2D eigenvalue weighted by molar-refractivity contribution is 7.26. The van der Waals surface area contributed by atoms with E-state index in [4.69, 9.17) is 0 Å². The van der Waals surface area contributed by atoms with Crippen LogP contribution in [0.25, 0.3) is 52.8 Å². The number of fused-ring (bicyclic) bond motifs is 6. The zero-order valence-electron chi connectivity index (χ0n) is 18.5. The molecule has 0 spiro atoms. The van der Waals surface area contributed by atoms with E-state index in [0.29, 0.717) is 0 Å². The molecule has 1 nitrogen and oxygen atoms in total. The third kappa shape index (κ3) is 3.23. The van der Waals surface area contributed by atoms with Gasteiger partial charge >= 0.3 is 0 Å². The molecule has 0 saturated carbocycles. The Bertz CT molecular complexity index is 1840.